The van der Waals surface area contributed by atoms with E-state index in [4.69, 9.17) is 11.6 Å². The van der Waals surface area contributed by atoms with Crippen molar-refractivity contribution in [2.45, 2.75) is 13.0 Å². The fraction of sp³-hybridized carbons (Fsp3) is 0.571. The molecule has 0 aromatic heterocycles. The predicted octanol–water partition coefficient (Wildman–Crippen LogP) is 2.12. The molecule has 9 heteroatoms. The lowest BCUT2D eigenvalue weighted by molar-refractivity contribution is 0.379. The van der Waals surface area contributed by atoms with Crippen LogP contribution in [0.15, 0.2) is 18.2 Å². The lowest BCUT2D eigenvalue weighted by Gasteiger charge is -2.24. The Morgan fingerprint density at radius 2 is 2.17 bits per heavy atom. The van der Waals surface area contributed by atoms with Gasteiger partial charge >= 0.3 is 0 Å². The van der Waals surface area contributed by atoms with E-state index in [0.29, 0.717) is 19.0 Å². The summed E-state index contributed by atoms with van der Waals surface area (Å²) in [5.41, 5.74) is 0.196. The zero-order valence-corrected chi connectivity index (χ0v) is 15.5. The Morgan fingerprint density at radius 1 is 1.48 bits per heavy atom. The molecule has 1 aromatic rings. The average Bonchev–Trinajstić information content (AvgIpc) is 2.92. The number of benzene rings is 1. The van der Waals surface area contributed by atoms with Crippen molar-refractivity contribution in [2.75, 3.05) is 33.7 Å². The molecular weight excluding hydrogens is 364 g/mol. The summed E-state index contributed by atoms with van der Waals surface area (Å²) in [5.74, 6) is -0.186. The molecule has 1 aromatic carbocycles. The molecule has 1 N–H and O–H groups in total. The molecule has 1 unspecified atom stereocenters. The molecule has 1 fully saturated rings. The van der Waals surface area contributed by atoms with Crippen molar-refractivity contribution in [1.82, 2.24) is 13.9 Å². The molecule has 1 atom stereocenters. The average molecular weight is 386 g/mol. The van der Waals surface area contributed by atoms with Crippen LogP contribution in [0.4, 0.5) is 4.39 Å². The van der Waals surface area contributed by atoms with E-state index in [2.05, 4.69) is 5.32 Å². The van der Waals surface area contributed by atoms with Crippen LogP contribution >= 0.6 is 24.0 Å². The minimum absolute atomic E-state index is 0. The first kappa shape index (κ1) is 20.6. The van der Waals surface area contributed by atoms with Crippen LogP contribution in [0.1, 0.15) is 12.0 Å². The molecule has 5 nitrogen and oxygen atoms in total. The Labute approximate surface area is 148 Å². The third-order valence-electron chi connectivity index (χ3n) is 3.90. The van der Waals surface area contributed by atoms with Crippen molar-refractivity contribution in [3.8, 4) is 0 Å². The summed E-state index contributed by atoms with van der Waals surface area (Å²) in [4.78, 5) is 0. The van der Waals surface area contributed by atoms with Crippen LogP contribution < -0.4 is 5.32 Å². The van der Waals surface area contributed by atoms with Gasteiger partial charge in [-0.15, -0.1) is 12.4 Å². The van der Waals surface area contributed by atoms with Crippen molar-refractivity contribution < 1.29 is 12.8 Å². The summed E-state index contributed by atoms with van der Waals surface area (Å²) in [7, 11) is -0.309. The van der Waals surface area contributed by atoms with Crippen molar-refractivity contribution in [1.29, 1.82) is 0 Å². The van der Waals surface area contributed by atoms with E-state index in [9.17, 15) is 12.8 Å². The molecule has 1 saturated heterocycles. The summed E-state index contributed by atoms with van der Waals surface area (Å²) in [6.45, 7) is 1.68. The molecule has 1 aliphatic heterocycles. The van der Waals surface area contributed by atoms with Gasteiger partial charge < -0.3 is 5.32 Å². The quantitative estimate of drug-likeness (QED) is 0.815. The van der Waals surface area contributed by atoms with Gasteiger partial charge in [0, 0.05) is 37.3 Å². The van der Waals surface area contributed by atoms with Crippen LogP contribution in [0.25, 0.3) is 0 Å². The molecule has 0 radical (unpaired) electrons. The predicted molar refractivity (Wildman–Crippen MR) is 92.7 cm³/mol. The van der Waals surface area contributed by atoms with Gasteiger partial charge in [0.15, 0.2) is 0 Å². The van der Waals surface area contributed by atoms with Gasteiger partial charge in [-0.25, -0.2) is 4.39 Å². The highest BCUT2D eigenvalue weighted by Gasteiger charge is 2.34. The Kier molecular flexibility index (Phi) is 7.70. The minimum Gasteiger partial charge on any atom is -0.319 e. The first-order valence-corrected chi connectivity index (χ1v) is 8.92. The lowest BCUT2D eigenvalue weighted by Crippen LogP contribution is -2.40. The Hall–Kier alpha value is -0.440. The third kappa shape index (κ3) is 4.78. The monoisotopic (exact) mass is 385 g/mol. The summed E-state index contributed by atoms with van der Waals surface area (Å²) >= 11 is 5.96. The largest absolute Gasteiger partial charge is 0.319 e. The third-order valence-corrected chi connectivity index (χ3v) is 6.16. The number of rotatable bonds is 6. The normalized spacial score (nSPS) is 19.1. The maximum absolute atomic E-state index is 13.8. The van der Waals surface area contributed by atoms with Crippen LogP contribution in [0.5, 0.6) is 0 Å². The molecule has 0 spiro atoms. The maximum Gasteiger partial charge on any atom is 0.282 e. The molecule has 0 saturated carbocycles. The standard InChI is InChI=1S/C14H21ClFN3O2S.ClH/c1-17-8-11-6-7-19(9-11)22(20,21)18(2)10-12-13(15)4-3-5-14(12)16;/h3-5,11,17H,6-10H2,1-2H3;1H. The molecule has 1 heterocycles. The van der Waals surface area contributed by atoms with Crippen molar-refractivity contribution in [3.05, 3.63) is 34.6 Å². The number of nitrogens with zero attached hydrogens (tertiary/aromatic N) is 2. The Bertz CT molecular complexity index is 610. The van der Waals surface area contributed by atoms with Gasteiger partial charge in [0.1, 0.15) is 5.82 Å². The number of hydrogen-bond donors (Lipinski definition) is 1. The summed E-state index contributed by atoms with van der Waals surface area (Å²) in [6.07, 6.45) is 0.828. The summed E-state index contributed by atoms with van der Waals surface area (Å²) < 4.78 is 41.6. The van der Waals surface area contributed by atoms with Crippen LogP contribution in [-0.2, 0) is 16.8 Å². The summed E-state index contributed by atoms with van der Waals surface area (Å²) in [5, 5.41) is 3.30. The van der Waals surface area contributed by atoms with Crippen molar-refractivity contribution in [3.63, 3.8) is 0 Å². The van der Waals surface area contributed by atoms with E-state index in [1.807, 2.05) is 7.05 Å². The smallest absolute Gasteiger partial charge is 0.282 e. The van der Waals surface area contributed by atoms with Crippen LogP contribution in [0.3, 0.4) is 0 Å². The second kappa shape index (κ2) is 8.60. The molecule has 0 aliphatic carbocycles. The molecule has 1 aliphatic rings. The molecule has 0 amide bonds. The van der Waals surface area contributed by atoms with Gasteiger partial charge in [0.05, 0.1) is 0 Å². The van der Waals surface area contributed by atoms with Gasteiger partial charge in [-0.1, -0.05) is 17.7 Å². The zero-order valence-electron chi connectivity index (χ0n) is 13.1. The highest BCUT2D eigenvalue weighted by molar-refractivity contribution is 7.86. The van der Waals surface area contributed by atoms with E-state index in [1.54, 1.807) is 6.07 Å². The van der Waals surface area contributed by atoms with Gasteiger partial charge in [-0.2, -0.15) is 17.0 Å². The second-order valence-corrected chi connectivity index (χ2v) is 7.98. The van der Waals surface area contributed by atoms with Gasteiger partial charge in [0.2, 0.25) is 0 Å². The van der Waals surface area contributed by atoms with Gasteiger partial charge in [-0.05, 0) is 38.1 Å². The Morgan fingerprint density at radius 3 is 2.78 bits per heavy atom. The number of nitrogens with one attached hydrogen (secondary N) is 1. The van der Waals surface area contributed by atoms with E-state index in [0.717, 1.165) is 17.3 Å². The molecule has 2 rings (SSSR count). The van der Waals surface area contributed by atoms with E-state index < -0.39 is 16.0 Å². The fourth-order valence-corrected chi connectivity index (χ4v) is 4.29. The van der Waals surface area contributed by atoms with Gasteiger partial charge in [-0.3, -0.25) is 0 Å². The fourth-order valence-electron chi connectivity index (χ4n) is 2.65. The molecule has 0 bridgehead atoms. The zero-order chi connectivity index (χ0) is 16.3. The number of halogens is 3. The van der Waals surface area contributed by atoms with Crippen molar-refractivity contribution in [2.24, 2.45) is 5.92 Å². The van der Waals surface area contributed by atoms with Gasteiger partial charge in [0.25, 0.3) is 10.2 Å². The highest BCUT2D eigenvalue weighted by Crippen LogP contribution is 2.24. The lowest BCUT2D eigenvalue weighted by atomic mass is 10.1. The van der Waals surface area contributed by atoms with Crippen molar-refractivity contribution >= 4 is 34.2 Å². The highest BCUT2D eigenvalue weighted by atomic mass is 35.5. The second-order valence-electron chi connectivity index (χ2n) is 5.53. The molecular formula is C14H22Cl2FN3O2S. The molecule has 23 heavy (non-hydrogen) atoms. The van der Waals surface area contributed by atoms with Crippen LogP contribution in [-0.4, -0.2) is 50.8 Å². The van der Waals surface area contributed by atoms with Crippen LogP contribution in [0, 0.1) is 11.7 Å². The van der Waals surface area contributed by atoms with E-state index >= 15 is 0 Å². The number of hydrogen-bond acceptors (Lipinski definition) is 3. The topological polar surface area (TPSA) is 52.7 Å². The first-order valence-electron chi connectivity index (χ1n) is 7.15. The van der Waals surface area contributed by atoms with E-state index in [1.165, 1.54) is 23.5 Å². The van der Waals surface area contributed by atoms with E-state index in [-0.39, 0.29) is 29.5 Å². The molecule has 132 valence electrons. The Balaban J connectivity index is 0.00000264. The summed E-state index contributed by atoms with van der Waals surface area (Å²) in [6, 6.07) is 4.33. The van der Waals surface area contributed by atoms with Crippen LogP contribution in [0.2, 0.25) is 5.02 Å². The minimum atomic E-state index is -3.61. The first-order chi connectivity index (χ1) is 10.4. The SMILES string of the molecule is CNCC1CCN(S(=O)(=O)N(C)Cc2c(F)cccc2Cl)C1.Cl. The maximum atomic E-state index is 13.8.